The minimum Gasteiger partial charge on any atom is -0.354 e. The van der Waals surface area contributed by atoms with E-state index >= 15 is 0 Å². The van der Waals surface area contributed by atoms with Crippen LogP contribution < -0.4 is 11.1 Å². The van der Waals surface area contributed by atoms with Crippen LogP contribution in [-0.2, 0) is 11.2 Å². The van der Waals surface area contributed by atoms with E-state index in [2.05, 4.69) is 15.7 Å². The maximum atomic E-state index is 11.9. The summed E-state index contributed by atoms with van der Waals surface area (Å²) in [5.74, 6) is -0.119. The molecular formula is C16H23Cl2N3OS. The molecule has 7 heteroatoms. The number of hydrogen-bond donors (Lipinski definition) is 2. The highest BCUT2D eigenvalue weighted by Gasteiger charge is 2.14. The number of amides is 1. The number of halogens is 2. The standard InChI is InChI=1S/C16H21N3OS.2ClH/c1-12-11-21-14(19-12)9-5-6-10-18-16(20)15(17)13-7-3-2-4-8-13;;/h2-4,7-8,11,15H,5-6,9-10,17H2,1H3,(H,18,20);2*1H. The van der Waals surface area contributed by atoms with Gasteiger partial charge in [-0.25, -0.2) is 4.98 Å². The molecule has 1 aromatic heterocycles. The summed E-state index contributed by atoms with van der Waals surface area (Å²) in [5, 5.41) is 6.12. The first kappa shape index (κ1) is 21.9. The fourth-order valence-corrected chi connectivity index (χ4v) is 2.87. The Balaban J connectivity index is 0.00000242. The van der Waals surface area contributed by atoms with Gasteiger partial charge in [-0.15, -0.1) is 36.2 Å². The molecule has 128 valence electrons. The summed E-state index contributed by atoms with van der Waals surface area (Å²) >= 11 is 1.70. The van der Waals surface area contributed by atoms with E-state index in [4.69, 9.17) is 5.73 Å². The highest BCUT2D eigenvalue weighted by atomic mass is 35.5. The predicted molar refractivity (Wildman–Crippen MR) is 101 cm³/mol. The fourth-order valence-electron chi connectivity index (χ4n) is 2.05. The van der Waals surface area contributed by atoms with Crippen LogP contribution in [0.4, 0.5) is 0 Å². The molecule has 1 amide bonds. The molecular weight excluding hydrogens is 353 g/mol. The molecule has 0 aliphatic rings. The highest BCUT2D eigenvalue weighted by Crippen LogP contribution is 2.12. The fraction of sp³-hybridized carbons (Fsp3) is 0.375. The van der Waals surface area contributed by atoms with Crippen LogP contribution in [0.5, 0.6) is 0 Å². The largest absolute Gasteiger partial charge is 0.354 e. The third-order valence-electron chi connectivity index (χ3n) is 3.22. The quantitative estimate of drug-likeness (QED) is 0.728. The van der Waals surface area contributed by atoms with E-state index < -0.39 is 6.04 Å². The molecule has 3 N–H and O–H groups in total. The van der Waals surface area contributed by atoms with Crippen LogP contribution >= 0.6 is 36.2 Å². The van der Waals surface area contributed by atoms with E-state index in [0.29, 0.717) is 6.54 Å². The lowest BCUT2D eigenvalue weighted by atomic mass is 10.1. The van der Waals surface area contributed by atoms with Gasteiger partial charge in [0.1, 0.15) is 6.04 Å². The summed E-state index contributed by atoms with van der Waals surface area (Å²) in [6.07, 6.45) is 2.93. The topological polar surface area (TPSA) is 68.0 Å². The Kier molecular flexibility index (Phi) is 10.8. The Labute approximate surface area is 153 Å². The van der Waals surface area contributed by atoms with Crippen molar-refractivity contribution in [1.82, 2.24) is 10.3 Å². The van der Waals surface area contributed by atoms with E-state index in [-0.39, 0.29) is 30.7 Å². The lowest BCUT2D eigenvalue weighted by Crippen LogP contribution is -2.34. The molecule has 4 nitrogen and oxygen atoms in total. The van der Waals surface area contributed by atoms with Crippen LogP contribution in [0, 0.1) is 6.92 Å². The number of aromatic nitrogens is 1. The zero-order chi connectivity index (χ0) is 15.1. The molecule has 0 spiro atoms. The van der Waals surface area contributed by atoms with Gasteiger partial charge in [0.15, 0.2) is 0 Å². The first-order valence-electron chi connectivity index (χ1n) is 7.16. The Morgan fingerprint density at radius 2 is 1.96 bits per heavy atom. The van der Waals surface area contributed by atoms with Crippen LogP contribution in [0.2, 0.25) is 0 Å². The summed E-state index contributed by atoms with van der Waals surface area (Å²) < 4.78 is 0. The molecule has 1 unspecified atom stereocenters. The van der Waals surface area contributed by atoms with Gasteiger partial charge in [0.2, 0.25) is 5.91 Å². The number of rotatable bonds is 7. The van der Waals surface area contributed by atoms with E-state index in [1.807, 2.05) is 37.3 Å². The second kappa shape index (κ2) is 11.4. The maximum Gasteiger partial charge on any atom is 0.241 e. The van der Waals surface area contributed by atoms with Gasteiger partial charge in [-0.3, -0.25) is 4.79 Å². The second-order valence-electron chi connectivity index (χ2n) is 5.02. The number of thiazole rings is 1. The summed E-state index contributed by atoms with van der Waals surface area (Å²) in [4.78, 5) is 16.4. The highest BCUT2D eigenvalue weighted by molar-refractivity contribution is 7.09. The van der Waals surface area contributed by atoms with Crippen LogP contribution in [0.25, 0.3) is 0 Å². The number of nitrogens with two attached hydrogens (primary N) is 1. The molecule has 0 fully saturated rings. The lowest BCUT2D eigenvalue weighted by Gasteiger charge is -2.12. The monoisotopic (exact) mass is 375 g/mol. The van der Waals surface area contributed by atoms with Crippen molar-refractivity contribution in [1.29, 1.82) is 0 Å². The normalized spacial score (nSPS) is 11.0. The van der Waals surface area contributed by atoms with Gasteiger partial charge in [-0.1, -0.05) is 30.3 Å². The number of carbonyl (C=O) groups is 1. The van der Waals surface area contributed by atoms with Crippen LogP contribution in [0.3, 0.4) is 0 Å². The average molecular weight is 376 g/mol. The smallest absolute Gasteiger partial charge is 0.241 e. The van der Waals surface area contributed by atoms with Crippen molar-refractivity contribution >= 4 is 42.1 Å². The van der Waals surface area contributed by atoms with Crippen molar-refractivity contribution in [2.24, 2.45) is 5.73 Å². The molecule has 2 aromatic rings. The SMILES string of the molecule is Cc1csc(CCCCNC(=O)C(N)c2ccccc2)n1.Cl.Cl. The molecule has 1 aromatic carbocycles. The first-order valence-corrected chi connectivity index (χ1v) is 8.04. The Morgan fingerprint density at radius 3 is 2.57 bits per heavy atom. The van der Waals surface area contributed by atoms with E-state index in [9.17, 15) is 4.79 Å². The Bertz CT molecular complexity index is 578. The molecule has 0 radical (unpaired) electrons. The zero-order valence-electron chi connectivity index (χ0n) is 13.0. The minimum atomic E-state index is -0.590. The summed E-state index contributed by atoms with van der Waals surface area (Å²) in [7, 11) is 0. The first-order chi connectivity index (χ1) is 10.2. The Morgan fingerprint density at radius 1 is 1.26 bits per heavy atom. The zero-order valence-corrected chi connectivity index (χ0v) is 15.5. The third kappa shape index (κ3) is 7.31. The number of carbonyl (C=O) groups excluding carboxylic acids is 1. The van der Waals surface area contributed by atoms with Gasteiger partial charge in [0, 0.05) is 17.6 Å². The summed E-state index contributed by atoms with van der Waals surface area (Å²) in [6.45, 7) is 2.66. The number of nitrogens with zero attached hydrogens (tertiary/aromatic N) is 1. The van der Waals surface area contributed by atoms with Crippen molar-refractivity contribution in [3.8, 4) is 0 Å². The third-order valence-corrected chi connectivity index (χ3v) is 4.25. The van der Waals surface area contributed by atoms with Crippen LogP contribution in [0.15, 0.2) is 35.7 Å². The number of unbranched alkanes of at least 4 members (excludes halogenated alkanes) is 1. The average Bonchev–Trinajstić information content (AvgIpc) is 2.92. The van der Waals surface area contributed by atoms with Gasteiger partial charge in [0.05, 0.1) is 5.01 Å². The van der Waals surface area contributed by atoms with Gasteiger partial charge >= 0.3 is 0 Å². The van der Waals surface area contributed by atoms with Crippen molar-refractivity contribution in [2.75, 3.05) is 6.54 Å². The molecule has 0 bridgehead atoms. The van der Waals surface area contributed by atoms with E-state index in [1.165, 1.54) is 5.01 Å². The molecule has 1 heterocycles. The molecule has 2 rings (SSSR count). The molecule has 23 heavy (non-hydrogen) atoms. The second-order valence-corrected chi connectivity index (χ2v) is 5.96. The molecule has 0 saturated carbocycles. The van der Waals surface area contributed by atoms with Crippen LogP contribution in [0.1, 0.15) is 35.1 Å². The van der Waals surface area contributed by atoms with Gasteiger partial charge in [-0.2, -0.15) is 0 Å². The predicted octanol–water partition coefficient (Wildman–Crippen LogP) is 3.43. The van der Waals surface area contributed by atoms with Gasteiger partial charge < -0.3 is 11.1 Å². The van der Waals surface area contributed by atoms with Crippen molar-refractivity contribution in [3.05, 3.63) is 52.0 Å². The van der Waals surface area contributed by atoms with Crippen LogP contribution in [-0.4, -0.2) is 17.4 Å². The minimum absolute atomic E-state index is 0. The van der Waals surface area contributed by atoms with Crippen molar-refractivity contribution in [3.63, 3.8) is 0 Å². The number of hydrogen-bond acceptors (Lipinski definition) is 4. The van der Waals surface area contributed by atoms with Gasteiger partial charge in [-0.05, 0) is 31.7 Å². The van der Waals surface area contributed by atoms with Crippen molar-refractivity contribution < 1.29 is 4.79 Å². The van der Waals surface area contributed by atoms with Gasteiger partial charge in [0.25, 0.3) is 0 Å². The number of benzene rings is 1. The summed E-state index contributed by atoms with van der Waals surface area (Å²) in [6, 6.07) is 8.84. The number of aryl methyl sites for hydroxylation is 2. The maximum absolute atomic E-state index is 11.9. The summed E-state index contributed by atoms with van der Waals surface area (Å²) in [5.41, 5.74) is 7.85. The molecule has 0 aliphatic heterocycles. The molecule has 0 saturated heterocycles. The van der Waals surface area contributed by atoms with Crippen molar-refractivity contribution in [2.45, 2.75) is 32.2 Å². The lowest BCUT2D eigenvalue weighted by molar-refractivity contribution is -0.122. The van der Waals surface area contributed by atoms with E-state index in [1.54, 1.807) is 11.3 Å². The number of nitrogens with one attached hydrogen (secondary N) is 1. The molecule has 0 aliphatic carbocycles. The Hall–Kier alpha value is -1.14. The molecule has 1 atom stereocenters. The van der Waals surface area contributed by atoms with E-state index in [0.717, 1.165) is 30.5 Å².